The molecular weight excluding hydrogens is 264 g/mol. The van der Waals surface area contributed by atoms with Gasteiger partial charge in [-0.2, -0.15) is 10.5 Å². The van der Waals surface area contributed by atoms with Crippen molar-refractivity contribution < 1.29 is 15.1 Å². The van der Waals surface area contributed by atoms with Crippen molar-refractivity contribution in [2.45, 2.75) is 24.8 Å². The van der Waals surface area contributed by atoms with Crippen LogP contribution >= 0.6 is 12.4 Å². The maximum absolute atomic E-state index is 11.6. The van der Waals surface area contributed by atoms with Crippen molar-refractivity contribution in [3.8, 4) is 0 Å². The number of hydrogen-bond acceptors (Lipinski definition) is 7. The molecule has 1 fully saturated rings. The normalized spacial score (nSPS) is 26.9. The molecule has 0 aliphatic carbocycles. The topological polar surface area (TPSA) is 123 Å². The lowest BCUT2D eigenvalue weighted by atomic mass is 10.1. The van der Waals surface area contributed by atoms with Gasteiger partial charge >= 0.3 is 5.69 Å². The number of hydrogen-bond donors (Lipinski definition) is 4. The summed E-state index contributed by atoms with van der Waals surface area (Å²) >= 11 is 0. The lowest BCUT2D eigenvalue weighted by Crippen LogP contribution is -2.36. The van der Waals surface area contributed by atoms with E-state index in [2.05, 4.69) is 10.5 Å². The number of nitrogens with two attached hydrogens (primary N) is 1. The van der Waals surface area contributed by atoms with Gasteiger partial charge in [-0.05, 0) is 6.07 Å². The number of nitrogen functional groups attached to an aromatic ring is 1. The Labute approximate surface area is 109 Å². The molecule has 1 aromatic heterocycles. The van der Waals surface area contributed by atoms with Crippen molar-refractivity contribution in [1.29, 1.82) is 0 Å². The average Bonchev–Trinajstić information content (AvgIpc) is 2.72. The van der Waals surface area contributed by atoms with E-state index >= 15 is 0 Å². The van der Waals surface area contributed by atoms with Crippen LogP contribution in [0.15, 0.2) is 17.1 Å². The lowest BCUT2D eigenvalue weighted by molar-refractivity contribution is -0.0377. The summed E-state index contributed by atoms with van der Waals surface area (Å²) in [5, 5.41) is 17.9. The number of nitrogens with zero attached hydrogens (tertiary/aromatic N) is 2. The minimum Gasteiger partial charge on any atom is -0.394 e. The molecule has 18 heavy (non-hydrogen) atoms. The fourth-order valence-electron chi connectivity index (χ4n) is 1.85. The van der Waals surface area contributed by atoms with Gasteiger partial charge in [0.15, 0.2) is 0 Å². The molecule has 1 aromatic rings. The fraction of sp³-hybridized carbons (Fsp3) is 0.556. The Hall–Kier alpha value is -1.19. The zero-order valence-electron chi connectivity index (χ0n) is 9.39. The molecule has 0 radical (unpaired) electrons. The molecule has 1 aliphatic rings. The predicted molar refractivity (Wildman–Crippen MR) is 64.5 cm³/mol. The van der Waals surface area contributed by atoms with Crippen LogP contribution in [-0.4, -0.2) is 38.6 Å². The van der Waals surface area contributed by atoms with Gasteiger partial charge in [-0.3, -0.25) is 4.57 Å². The van der Waals surface area contributed by atoms with Gasteiger partial charge in [0.25, 0.3) is 0 Å². The summed E-state index contributed by atoms with van der Waals surface area (Å²) in [7, 11) is 0. The van der Waals surface area contributed by atoms with Gasteiger partial charge in [-0.1, -0.05) is 0 Å². The lowest BCUT2D eigenvalue weighted by Gasteiger charge is -2.14. The second kappa shape index (κ2) is 6.12. The third kappa shape index (κ3) is 2.79. The van der Waals surface area contributed by atoms with Crippen molar-refractivity contribution >= 4 is 18.2 Å². The summed E-state index contributed by atoms with van der Waals surface area (Å²) in [6, 6.07) is 1.06. The number of nitrogens with one attached hydrogen (secondary N) is 1. The van der Waals surface area contributed by atoms with Crippen LogP contribution in [0.5, 0.6) is 0 Å². The van der Waals surface area contributed by atoms with E-state index in [1.54, 1.807) is 0 Å². The van der Waals surface area contributed by atoms with Crippen molar-refractivity contribution in [3.05, 3.63) is 22.7 Å². The van der Waals surface area contributed by atoms with E-state index in [4.69, 9.17) is 20.8 Å². The van der Waals surface area contributed by atoms with Crippen LogP contribution in [0.1, 0.15) is 12.6 Å². The molecule has 102 valence electrons. The molecule has 0 amide bonds. The highest BCUT2D eigenvalue weighted by Crippen LogP contribution is 2.27. The summed E-state index contributed by atoms with van der Waals surface area (Å²) in [6.45, 7) is -0.244. The third-order valence-corrected chi connectivity index (χ3v) is 2.74. The van der Waals surface area contributed by atoms with E-state index in [0.29, 0.717) is 6.42 Å². The smallest absolute Gasteiger partial charge is 0.351 e. The summed E-state index contributed by atoms with van der Waals surface area (Å²) < 4.78 is 6.70. The molecule has 0 aromatic carbocycles. The molecule has 0 saturated carbocycles. The highest BCUT2D eigenvalue weighted by atomic mass is 35.5. The van der Waals surface area contributed by atoms with Crippen LogP contribution in [0, 0.1) is 0 Å². The van der Waals surface area contributed by atoms with Crippen molar-refractivity contribution in [2.24, 2.45) is 0 Å². The molecule has 1 aliphatic heterocycles. The first kappa shape index (κ1) is 14.9. The first-order valence-electron chi connectivity index (χ1n) is 5.16. The van der Waals surface area contributed by atoms with Crippen LogP contribution in [0.3, 0.4) is 0 Å². The van der Waals surface area contributed by atoms with E-state index in [1.807, 2.05) is 0 Å². The van der Waals surface area contributed by atoms with Crippen LogP contribution in [-0.2, 0) is 4.74 Å². The molecule has 0 spiro atoms. The molecule has 1 unspecified atom stereocenters. The van der Waals surface area contributed by atoms with Crippen molar-refractivity contribution in [3.63, 3.8) is 0 Å². The fourth-order valence-corrected chi connectivity index (χ4v) is 1.85. The van der Waals surface area contributed by atoms with E-state index in [9.17, 15) is 4.79 Å². The van der Waals surface area contributed by atoms with E-state index in [0.717, 1.165) is 0 Å². The molecule has 0 bridgehead atoms. The minimum atomic E-state index is -0.572. The zero-order valence-corrected chi connectivity index (χ0v) is 10.2. The van der Waals surface area contributed by atoms with E-state index < -0.39 is 24.1 Å². The van der Waals surface area contributed by atoms with Gasteiger partial charge in [0.2, 0.25) is 0 Å². The van der Waals surface area contributed by atoms with Gasteiger partial charge in [0.1, 0.15) is 18.1 Å². The highest BCUT2D eigenvalue weighted by molar-refractivity contribution is 5.85. The molecule has 3 atom stereocenters. The second-order valence-electron chi connectivity index (χ2n) is 3.83. The largest absolute Gasteiger partial charge is 0.394 e. The SMILES string of the molecule is Cl.Nc1ccn([C@H]2CC(NO)[C@@H](CO)O2)c(=O)n1. The molecule has 2 rings (SSSR count). The molecule has 8 nitrogen and oxygen atoms in total. The summed E-state index contributed by atoms with van der Waals surface area (Å²) in [4.78, 5) is 15.1. The quantitative estimate of drug-likeness (QED) is 0.516. The van der Waals surface area contributed by atoms with Crippen molar-refractivity contribution in [1.82, 2.24) is 15.0 Å². The number of hydroxylamine groups is 1. The summed E-state index contributed by atoms with van der Waals surface area (Å²) in [5.74, 6) is 0.139. The summed E-state index contributed by atoms with van der Waals surface area (Å²) in [5.41, 5.74) is 6.90. The van der Waals surface area contributed by atoms with Crippen LogP contribution in [0.4, 0.5) is 5.82 Å². The maximum Gasteiger partial charge on any atom is 0.351 e. The van der Waals surface area contributed by atoms with Gasteiger partial charge in [-0.15, -0.1) is 12.4 Å². The Morgan fingerprint density at radius 3 is 2.89 bits per heavy atom. The van der Waals surface area contributed by atoms with Crippen LogP contribution in [0.2, 0.25) is 0 Å². The molecule has 1 saturated heterocycles. The van der Waals surface area contributed by atoms with E-state index in [-0.39, 0.29) is 24.8 Å². The number of anilines is 1. The Balaban J connectivity index is 0.00000162. The molecule has 5 N–H and O–H groups in total. The van der Waals surface area contributed by atoms with Gasteiger partial charge in [0, 0.05) is 12.6 Å². The number of aliphatic hydroxyl groups excluding tert-OH is 1. The van der Waals surface area contributed by atoms with Crippen LogP contribution in [0.25, 0.3) is 0 Å². The number of ether oxygens (including phenoxy) is 1. The minimum absolute atomic E-state index is 0. The Kier molecular flexibility index (Phi) is 5.05. The number of aromatic nitrogens is 2. The molecular formula is C9H15ClN4O4. The molecule has 9 heteroatoms. The predicted octanol–water partition coefficient (Wildman–Crippen LogP) is -1.13. The second-order valence-corrected chi connectivity index (χ2v) is 3.83. The first-order valence-corrected chi connectivity index (χ1v) is 5.16. The number of aliphatic hydroxyl groups is 1. The summed E-state index contributed by atoms with van der Waals surface area (Å²) in [6.07, 6.45) is 0.698. The van der Waals surface area contributed by atoms with Gasteiger partial charge in [-0.25, -0.2) is 4.79 Å². The third-order valence-electron chi connectivity index (χ3n) is 2.74. The van der Waals surface area contributed by atoms with Gasteiger partial charge < -0.3 is 20.8 Å². The standard InChI is InChI=1S/C9H14N4O4.ClH/c10-7-1-2-13(9(15)11-7)8-3-5(12-16)6(4-14)17-8;/h1-2,5-6,8,12,14,16H,3-4H2,(H2,10,11,15);1H/t5?,6-,8-;/m1./s1. The Morgan fingerprint density at radius 2 is 2.39 bits per heavy atom. The van der Waals surface area contributed by atoms with E-state index in [1.165, 1.54) is 16.8 Å². The Morgan fingerprint density at radius 1 is 1.67 bits per heavy atom. The Bertz CT molecular complexity index is 442. The number of halogens is 1. The highest BCUT2D eigenvalue weighted by Gasteiger charge is 2.35. The first-order chi connectivity index (χ1) is 8.15. The average molecular weight is 279 g/mol. The zero-order chi connectivity index (χ0) is 12.4. The van der Waals surface area contributed by atoms with Crippen LogP contribution < -0.4 is 16.9 Å². The van der Waals surface area contributed by atoms with Gasteiger partial charge in [0.05, 0.1) is 12.6 Å². The monoisotopic (exact) mass is 278 g/mol. The number of rotatable bonds is 3. The maximum atomic E-state index is 11.6. The molecule has 2 heterocycles. The van der Waals surface area contributed by atoms with Crippen molar-refractivity contribution in [2.75, 3.05) is 12.3 Å².